The predicted molar refractivity (Wildman–Crippen MR) is 77.7 cm³/mol. The Labute approximate surface area is 120 Å². The van der Waals surface area contributed by atoms with Crippen molar-refractivity contribution in [2.24, 2.45) is 0 Å². The van der Waals surface area contributed by atoms with Crippen LogP contribution in [0, 0.1) is 5.82 Å². The monoisotopic (exact) mass is 278 g/mol. The molecule has 1 saturated heterocycles. The average molecular weight is 278 g/mol. The molecule has 1 aromatic carbocycles. The fourth-order valence-corrected chi connectivity index (χ4v) is 3.09. The van der Waals surface area contributed by atoms with Gasteiger partial charge in [0, 0.05) is 31.6 Å². The highest BCUT2D eigenvalue weighted by Gasteiger charge is 2.22. The van der Waals surface area contributed by atoms with Gasteiger partial charge in [0.25, 0.3) is 0 Å². The molecule has 3 rings (SSSR count). The third-order valence-electron chi connectivity index (χ3n) is 4.19. The Hall–Kier alpha value is -1.13. The van der Waals surface area contributed by atoms with Gasteiger partial charge in [-0.1, -0.05) is 6.42 Å². The zero-order valence-corrected chi connectivity index (χ0v) is 11.9. The van der Waals surface area contributed by atoms with E-state index in [1.807, 2.05) is 0 Å². The first kappa shape index (κ1) is 13.8. The van der Waals surface area contributed by atoms with Gasteiger partial charge < -0.3 is 15.0 Å². The number of nitrogens with zero attached hydrogens (tertiary/aromatic N) is 1. The van der Waals surface area contributed by atoms with Gasteiger partial charge in [-0.2, -0.15) is 0 Å². The summed E-state index contributed by atoms with van der Waals surface area (Å²) in [5.41, 5.74) is 0.993. The summed E-state index contributed by atoms with van der Waals surface area (Å²) in [5.74, 6) is 0.667. The van der Waals surface area contributed by atoms with E-state index in [-0.39, 0.29) is 11.9 Å². The van der Waals surface area contributed by atoms with Crippen molar-refractivity contribution in [3.8, 4) is 5.75 Å². The van der Waals surface area contributed by atoms with E-state index in [1.165, 1.54) is 38.4 Å². The van der Waals surface area contributed by atoms with Gasteiger partial charge in [0.15, 0.2) is 0 Å². The van der Waals surface area contributed by atoms with E-state index in [0.717, 1.165) is 37.4 Å². The Morgan fingerprint density at radius 2 is 2.10 bits per heavy atom. The molecule has 0 bridgehead atoms. The average Bonchev–Trinajstić information content (AvgIpc) is 2.86. The standard InChI is InChI=1S/C16H23FN2O/c17-14-4-5-16-13(10-14)11-15(20-16)12-18-6-9-19-7-2-1-3-8-19/h4-5,10,15,18H,1-3,6-9,11-12H2. The van der Waals surface area contributed by atoms with Crippen LogP contribution in [0.4, 0.5) is 4.39 Å². The van der Waals surface area contributed by atoms with Gasteiger partial charge in [-0.15, -0.1) is 0 Å². The van der Waals surface area contributed by atoms with Crippen LogP contribution in [0.15, 0.2) is 18.2 Å². The number of benzene rings is 1. The zero-order valence-electron chi connectivity index (χ0n) is 11.9. The summed E-state index contributed by atoms with van der Waals surface area (Å²) in [6.45, 7) is 5.45. The molecule has 0 spiro atoms. The summed E-state index contributed by atoms with van der Waals surface area (Å²) in [6.07, 6.45) is 5.02. The Morgan fingerprint density at radius 1 is 1.25 bits per heavy atom. The van der Waals surface area contributed by atoms with Crippen LogP contribution >= 0.6 is 0 Å². The van der Waals surface area contributed by atoms with Gasteiger partial charge in [-0.05, 0) is 44.1 Å². The summed E-state index contributed by atoms with van der Waals surface area (Å²) in [5, 5.41) is 3.46. The Balaban J connectivity index is 1.36. The summed E-state index contributed by atoms with van der Waals surface area (Å²) < 4.78 is 18.9. The highest BCUT2D eigenvalue weighted by atomic mass is 19.1. The van der Waals surface area contributed by atoms with Crippen molar-refractivity contribution in [1.82, 2.24) is 10.2 Å². The third kappa shape index (κ3) is 3.49. The largest absolute Gasteiger partial charge is 0.488 e. The van der Waals surface area contributed by atoms with Crippen molar-refractivity contribution in [2.45, 2.75) is 31.8 Å². The molecule has 2 heterocycles. The molecular formula is C16H23FN2O. The number of fused-ring (bicyclic) bond motifs is 1. The fraction of sp³-hybridized carbons (Fsp3) is 0.625. The van der Waals surface area contributed by atoms with Gasteiger partial charge in [0.05, 0.1) is 0 Å². The van der Waals surface area contributed by atoms with Crippen LogP contribution in [0.5, 0.6) is 5.75 Å². The molecule has 1 N–H and O–H groups in total. The van der Waals surface area contributed by atoms with Gasteiger partial charge in [0.1, 0.15) is 17.7 Å². The molecule has 110 valence electrons. The molecular weight excluding hydrogens is 255 g/mol. The smallest absolute Gasteiger partial charge is 0.123 e. The topological polar surface area (TPSA) is 24.5 Å². The van der Waals surface area contributed by atoms with Crippen molar-refractivity contribution in [3.63, 3.8) is 0 Å². The lowest BCUT2D eigenvalue weighted by Gasteiger charge is -2.26. The first-order valence-electron chi connectivity index (χ1n) is 7.69. The van der Waals surface area contributed by atoms with Gasteiger partial charge in [-0.25, -0.2) is 4.39 Å². The molecule has 3 nitrogen and oxygen atoms in total. The van der Waals surface area contributed by atoms with E-state index < -0.39 is 0 Å². The van der Waals surface area contributed by atoms with Crippen LogP contribution < -0.4 is 10.1 Å². The van der Waals surface area contributed by atoms with E-state index in [2.05, 4.69) is 10.2 Å². The van der Waals surface area contributed by atoms with E-state index in [4.69, 9.17) is 4.74 Å². The highest BCUT2D eigenvalue weighted by molar-refractivity contribution is 5.37. The van der Waals surface area contributed by atoms with Crippen LogP contribution in [0.25, 0.3) is 0 Å². The molecule has 20 heavy (non-hydrogen) atoms. The molecule has 0 amide bonds. The number of ether oxygens (including phenoxy) is 1. The second-order valence-corrected chi connectivity index (χ2v) is 5.80. The molecule has 0 radical (unpaired) electrons. The number of hydrogen-bond donors (Lipinski definition) is 1. The summed E-state index contributed by atoms with van der Waals surface area (Å²) >= 11 is 0. The van der Waals surface area contributed by atoms with Gasteiger partial charge in [0.2, 0.25) is 0 Å². The van der Waals surface area contributed by atoms with Gasteiger partial charge >= 0.3 is 0 Å². The number of rotatable bonds is 5. The summed E-state index contributed by atoms with van der Waals surface area (Å²) in [6, 6.07) is 4.78. The Morgan fingerprint density at radius 3 is 2.95 bits per heavy atom. The molecule has 1 unspecified atom stereocenters. The van der Waals surface area contributed by atoms with Crippen molar-refractivity contribution in [2.75, 3.05) is 32.7 Å². The summed E-state index contributed by atoms with van der Waals surface area (Å²) in [7, 11) is 0. The van der Waals surface area contributed by atoms with Crippen LogP contribution in [-0.2, 0) is 6.42 Å². The molecule has 2 aliphatic heterocycles. The molecule has 1 fully saturated rings. The van der Waals surface area contributed by atoms with E-state index in [1.54, 1.807) is 12.1 Å². The Kier molecular flexibility index (Phi) is 4.53. The lowest BCUT2D eigenvalue weighted by molar-refractivity contribution is 0.209. The third-order valence-corrected chi connectivity index (χ3v) is 4.19. The number of likely N-dealkylation sites (tertiary alicyclic amines) is 1. The maximum Gasteiger partial charge on any atom is 0.123 e. The van der Waals surface area contributed by atoms with Crippen molar-refractivity contribution in [1.29, 1.82) is 0 Å². The first-order valence-corrected chi connectivity index (χ1v) is 7.69. The molecule has 0 aliphatic carbocycles. The molecule has 1 atom stereocenters. The minimum Gasteiger partial charge on any atom is -0.488 e. The molecule has 0 saturated carbocycles. The van der Waals surface area contributed by atoms with E-state index in [0.29, 0.717) is 0 Å². The maximum atomic E-state index is 13.1. The molecule has 1 aromatic rings. The van der Waals surface area contributed by atoms with Crippen LogP contribution in [0.3, 0.4) is 0 Å². The van der Waals surface area contributed by atoms with Crippen LogP contribution in [-0.4, -0.2) is 43.7 Å². The number of piperidine rings is 1. The normalized spacial score (nSPS) is 22.6. The van der Waals surface area contributed by atoms with Crippen molar-refractivity contribution < 1.29 is 9.13 Å². The second kappa shape index (κ2) is 6.55. The molecule has 0 aromatic heterocycles. The van der Waals surface area contributed by atoms with Crippen LogP contribution in [0.2, 0.25) is 0 Å². The number of halogens is 1. The lowest BCUT2D eigenvalue weighted by atomic mass is 10.1. The summed E-state index contributed by atoms with van der Waals surface area (Å²) in [4.78, 5) is 2.52. The molecule has 4 heteroatoms. The van der Waals surface area contributed by atoms with Gasteiger partial charge in [-0.3, -0.25) is 0 Å². The minimum absolute atomic E-state index is 0.146. The molecule has 2 aliphatic rings. The Bertz CT molecular complexity index is 446. The lowest BCUT2D eigenvalue weighted by Crippen LogP contribution is -2.38. The highest BCUT2D eigenvalue weighted by Crippen LogP contribution is 2.28. The van der Waals surface area contributed by atoms with E-state index >= 15 is 0 Å². The zero-order chi connectivity index (χ0) is 13.8. The minimum atomic E-state index is -0.175. The van der Waals surface area contributed by atoms with Crippen LogP contribution in [0.1, 0.15) is 24.8 Å². The second-order valence-electron chi connectivity index (χ2n) is 5.80. The van der Waals surface area contributed by atoms with Crippen molar-refractivity contribution in [3.05, 3.63) is 29.6 Å². The number of nitrogens with one attached hydrogen (secondary N) is 1. The SMILES string of the molecule is Fc1ccc2c(c1)CC(CNCCN1CCCCC1)O2. The first-order chi connectivity index (χ1) is 9.81. The maximum absolute atomic E-state index is 13.1. The predicted octanol–water partition coefficient (Wildman–Crippen LogP) is 2.20. The number of hydrogen-bond acceptors (Lipinski definition) is 3. The van der Waals surface area contributed by atoms with E-state index in [9.17, 15) is 4.39 Å². The fourth-order valence-electron chi connectivity index (χ4n) is 3.09. The quantitative estimate of drug-likeness (QED) is 0.836. The van der Waals surface area contributed by atoms with Crippen molar-refractivity contribution >= 4 is 0 Å².